The predicted molar refractivity (Wildman–Crippen MR) is 123 cm³/mol. The van der Waals surface area contributed by atoms with Gasteiger partial charge in [0.15, 0.2) is 8.70 Å². The van der Waals surface area contributed by atoms with Crippen molar-refractivity contribution in [3.05, 3.63) is 60.7 Å². The first-order chi connectivity index (χ1) is 12.6. The van der Waals surface area contributed by atoms with Gasteiger partial charge in [0, 0.05) is 11.4 Å². The van der Waals surface area contributed by atoms with Gasteiger partial charge in [-0.2, -0.15) is 4.78 Å². The zero-order valence-electron chi connectivity index (χ0n) is 14.1. The third-order valence-electron chi connectivity index (χ3n) is 3.41. The van der Waals surface area contributed by atoms with Crippen LogP contribution in [0.1, 0.15) is 0 Å². The Morgan fingerprint density at radius 1 is 1.15 bits per heavy atom. The van der Waals surface area contributed by atoms with Crippen molar-refractivity contribution in [3.63, 3.8) is 0 Å². The monoisotopic (exact) mass is 440 g/mol. The zero-order chi connectivity index (χ0) is 18.6. The largest absolute Gasteiger partial charge is 0.363 e. The third-order valence-corrected chi connectivity index (χ3v) is 10.3. The molecule has 0 saturated carbocycles. The number of hydrazone groups is 1. The Bertz CT molecular complexity index is 850. The van der Waals surface area contributed by atoms with Crippen LogP contribution in [0.3, 0.4) is 0 Å². The molecule has 1 aliphatic heterocycles. The van der Waals surface area contributed by atoms with Crippen LogP contribution >= 0.6 is 53.8 Å². The molecule has 1 unspecified atom stereocenters. The molecule has 10 heteroatoms. The van der Waals surface area contributed by atoms with Gasteiger partial charge >= 0.3 is 6.65 Å². The molecule has 136 valence electrons. The number of hydrogen-bond donors (Lipinski definition) is 1. The molecule has 0 fully saturated rings. The van der Waals surface area contributed by atoms with Crippen molar-refractivity contribution in [2.24, 2.45) is 5.10 Å². The van der Waals surface area contributed by atoms with Gasteiger partial charge in [-0.25, -0.2) is 4.78 Å². The average molecular weight is 441 g/mol. The molecule has 1 heterocycles. The van der Waals surface area contributed by atoms with Crippen LogP contribution in [0.4, 0.5) is 11.4 Å². The summed E-state index contributed by atoms with van der Waals surface area (Å²) in [6.45, 7) is -3.23. The van der Waals surface area contributed by atoms with Crippen LogP contribution in [0.15, 0.2) is 65.8 Å². The van der Waals surface area contributed by atoms with Gasteiger partial charge in [-0.15, -0.1) is 16.9 Å². The van der Waals surface area contributed by atoms with Gasteiger partial charge in [-0.3, -0.25) is 9.99 Å². The Morgan fingerprint density at radius 3 is 2.35 bits per heavy atom. The summed E-state index contributed by atoms with van der Waals surface area (Å²) in [6.07, 6.45) is 3.81. The van der Waals surface area contributed by atoms with Crippen LogP contribution in [0.5, 0.6) is 0 Å². The number of benzene rings is 2. The highest BCUT2D eigenvalue weighted by Crippen LogP contribution is 2.70. The SMILES string of the molecule is CSC(=S)NN(c1ccccc1)P1(=O)SC(SC)=NN1c1ccccc1. The van der Waals surface area contributed by atoms with Gasteiger partial charge in [0.2, 0.25) is 0 Å². The number of nitrogens with one attached hydrogen (secondary N) is 1. The second-order valence-electron chi connectivity index (χ2n) is 5.03. The lowest BCUT2D eigenvalue weighted by Crippen LogP contribution is -2.39. The zero-order valence-corrected chi connectivity index (χ0v) is 18.3. The fraction of sp³-hybridized carbons (Fsp3) is 0.125. The maximum atomic E-state index is 14.2. The van der Waals surface area contributed by atoms with Crippen LogP contribution in [0.25, 0.3) is 0 Å². The standard InChI is InChI=1S/C16H17N4OPS4/c1-24-15(23)17-19(13-9-5-3-6-10-13)22(21)20(18-16(25-2)26-22)14-11-7-4-8-12-14/h3-12H,1-2H3,(H,17,23). The van der Waals surface area contributed by atoms with E-state index in [4.69, 9.17) is 12.2 Å². The summed E-state index contributed by atoms with van der Waals surface area (Å²) in [5.41, 5.74) is 4.66. The predicted octanol–water partition coefficient (Wildman–Crippen LogP) is 5.64. The first-order valence-electron chi connectivity index (χ1n) is 7.56. The Labute approximate surface area is 171 Å². The Balaban J connectivity index is 2.08. The van der Waals surface area contributed by atoms with Crippen LogP contribution in [0.2, 0.25) is 0 Å². The summed E-state index contributed by atoms with van der Waals surface area (Å²) in [5.74, 6) is 0. The van der Waals surface area contributed by atoms with Crippen molar-refractivity contribution in [2.45, 2.75) is 0 Å². The topological polar surface area (TPSA) is 47.9 Å². The van der Waals surface area contributed by atoms with Crippen LogP contribution in [-0.4, -0.2) is 21.2 Å². The Kier molecular flexibility index (Phi) is 6.58. The fourth-order valence-electron chi connectivity index (χ4n) is 2.24. The van der Waals surface area contributed by atoms with Crippen molar-refractivity contribution in [2.75, 3.05) is 22.1 Å². The van der Waals surface area contributed by atoms with Crippen molar-refractivity contribution < 1.29 is 4.57 Å². The van der Waals surface area contributed by atoms with Gasteiger partial charge in [-0.05, 0) is 36.8 Å². The minimum absolute atomic E-state index is 0.537. The average Bonchev–Trinajstić information content (AvgIpc) is 3.04. The number of hydrazine groups is 1. The summed E-state index contributed by atoms with van der Waals surface area (Å²) in [4.78, 5) is 0. The van der Waals surface area contributed by atoms with E-state index in [9.17, 15) is 4.57 Å². The van der Waals surface area contributed by atoms with E-state index < -0.39 is 6.65 Å². The minimum atomic E-state index is -3.23. The van der Waals surface area contributed by atoms with E-state index in [1.54, 1.807) is 9.56 Å². The molecule has 3 rings (SSSR count). The second kappa shape index (κ2) is 8.71. The lowest BCUT2D eigenvalue weighted by molar-refractivity contribution is 0.578. The number of hydrogen-bond acceptors (Lipinski definition) is 6. The summed E-state index contributed by atoms with van der Waals surface area (Å²) in [6, 6.07) is 19.1. The molecule has 1 atom stereocenters. The maximum absolute atomic E-state index is 14.2. The van der Waals surface area contributed by atoms with Crippen molar-refractivity contribution in [1.29, 1.82) is 0 Å². The van der Waals surface area contributed by atoms with Crippen molar-refractivity contribution in [3.8, 4) is 0 Å². The second-order valence-corrected chi connectivity index (χ2v) is 11.9. The van der Waals surface area contributed by atoms with Crippen molar-refractivity contribution >= 4 is 73.8 Å². The van der Waals surface area contributed by atoms with E-state index in [0.717, 1.165) is 15.8 Å². The quantitative estimate of drug-likeness (QED) is 0.372. The molecule has 0 saturated heterocycles. The van der Waals surface area contributed by atoms with E-state index in [1.165, 1.54) is 34.9 Å². The number of rotatable bonds is 4. The molecule has 5 nitrogen and oxygen atoms in total. The highest BCUT2D eigenvalue weighted by atomic mass is 32.7. The van der Waals surface area contributed by atoms with E-state index in [0.29, 0.717) is 4.32 Å². The lowest BCUT2D eigenvalue weighted by Gasteiger charge is -2.34. The van der Waals surface area contributed by atoms with Gasteiger partial charge in [0.25, 0.3) is 0 Å². The molecule has 1 N–H and O–H groups in total. The first kappa shape index (κ1) is 19.6. The number of thioether (sulfide) groups is 2. The van der Waals surface area contributed by atoms with E-state index in [2.05, 4.69) is 10.5 Å². The number of nitrogens with zero attached hydrogens (tertiary/aromatic N) is 3. The summed E-state index contributed by atoms with van der Waals surface area (Å²) in [7, 11) is 0. The Morgan fingerprint density at radius 2 is 1.77 bits per heavy atom. The maximum Gasteiger partial charge on any atom is 0.363 e. The highest BCUT2D eigenvalue weighted by molar-refractivity contribution is 8.72. The van der Waals surface area contributed by atoms with Gasteiger partial charge in [0.1, 0.15) is 0 Å². The molecule has 2 aromatic rings. The molecule has 0 radical (unpaired) electrons. The van der Waals surface area contributed by atoms with Crippen LogP contribution in [-0.2, 0) is 4.57 Å². The van der Waals surface area contributed by atoms with Crippen LogP contribution < -0.4 is 15.0 Å². The van der Waals surface area contributed by atoms with Gasteiger partial charge < -0.3 is 0 Å². The smallest absolute Gasteiger partial charge is 0.275 e. The normalized spacial score (nSPS) is 19.2. The summed E-state index contributed by atoms with van der Waals surface area (Å²) in [5, 5.41) is 4.59. The van der Waals surface area contributed by atoms with Gasteiger partial charge in [-0.1, -0.05) is 60.4 Å². The molecule has 0 aliphatic carbocycles. The molecule has 0 aromatic heterocycles. The fourth-order valence-corrected chi connectivity index (χ4v) is 8.70. The number of para-hydroxylation sites is 2. The third kappa shape index (κ3) is 4.07. The number of anilines is 2. The molecule has 0 bridgehead atoms. The summed E-state index contributed by atoms with van der Waals surface area (Å²) >= 11 is 9.48. The highest BCUT2D eigenvalue weighted by Gasteiger charge is 2.46. The van der Waals surface area contributed by atoms with Crippen molar-refractivity contribution in [1.82, 2.24) is 5.43 Å². The molecule has 0 amide bonds. The van der Waals surface area contributed by atoms with E-state index >= 15 is 0 Å². The minimum Gasteiger partial charge on any atom is -0.275 e. The van der Waals surface area contributed by atoms with E-state index in [1.807, 2.05) is 73.2 Å². The number of thiocarbonyl (C=S) groups is 1. The molecular weight excluding hydrogens is 423 g/mol. The molecule has 26 heavy (non-hydrogen) atoms. The lowest BCUT2D eigenvalue weighted by atomic mass is 10.3. The summed E-state index contributed by atoms with van der Waals surface area (Å²) < 4.78 is 18.8. The van der Waals surface area contributed by atoms with E-state index in [-0.39, 0.29) is 0 Å². The molecule has 1 aliphatic rings. The Hall–Kier alpha value is -1.12. The molecular formula is C16H17N4OPS4. The molecule has 0 spiro atoms. The molecule has 2 aromatic carbocycles. The van der Waals surface area contributed by atoms with Crippen LogP contribution in [0, 0.1) is 0 Å². The van der Waals surface area contributed by atoms with Gasteiger partial charge in [0.05, 0.1) is 11.4 Å². The first-order valence-corrected chi connectivity index (χ1v) is 13.5.